The molecule has 0 radical (unpaired) electrons. The van der Waals surface area contributed by atoms with E-state index in [1.165, 1.54) is 12.1 Å². The average molecular weight is 436 g/mol. The number of carbonyl (C=O) groups is 1. The van der Waals surface area contributed by atoms with Gasteiger partial charge in [0.1, 0.15) is 5.82 Å². The lowest BCUT2D eigenvalue weighted by molar-refractivity contribution is 0.0932. The van der Waals surface area contributed by atoms with Crippen LogP contribution in [0.4, 0.5) is 4.39 Å². The number of amides is 1. The molecule has 0 saturated heterocycles. The fourth-order valence-electron chi connectivity index (χ4n) is 4.41. The summed E-state index contributed by atoms with van der Waals surface area (Å²) in [6, 6.07) is 25.4. The number of nitriles is 1. The molecule has 1 aromatic heterocycles. The number of benzene rings is 3. The monoisotopic (exact) mass is 435 g/mol. The van der Waals surface area contributed by atoms with Gasteiger partial charge in [0.15, 0.2) is 0 Å². The maximum Gasteiger partial charge on any atom is 0.252 e. The summed E-state index contributed by atoms with van der Waals surface area (Å²) >= 11 is 0. The Hall–Kier alpha value is -4.04. The fraction of sp³-hybridized carbons (Fsp3) is 0.179. The van der Waals surface area contributed by atoms with Gasteiger partial charge in [-0.15, -0.1) is 0 Å². The summed E-state index contributed by atoms with van der Waals surface area (Å²) in [7, 11) is 0. The van der Waals surface area contributed by atoms with Gasteiger partial charge in [0.2, 0.25) is 0 Å². The van der Waals surface area contributed by atoms with E-state index >= 15 is 0 Å². The zero-order valence-corrected chi connectivity index (χ0v) is 18.0. The summed E-state index contributed by atoms with van der Waals surface area (Å²) in [5, 5.41) is 13.5. The lowest BCUT2D eigenvalue weighted by Gasteiger charge is -2.21. The van der Waals surface area contributed by atoms with E-state index in [1.54, 1.807) is 6.07 Å². The van der Waals surface area contributed by atoms with E-state index in [2.05, 4.69) is 11.4 Å². The third-order valence-corrected chi connectivity index (χ3v) is 6.11. The van der Waals surface area contributed by atoms with Crippen molar-refractivity contribution in [2.45, 2.75) is 25.3 Å². The third kappa shape index (κ3) is 4.20. The van der Waals surface area contributed by atoms with Crippen LogP contribution in [-0.4, -0.2) is 10.9 Å². The van der Waals surface area contributed by atoms with Crippen molar-refractivity contribution < 1.29 is 9.18 Å². The number of fused-ring (bicyclic) bond motifs is 1. The first-order chi connectivity index (χ1) is 16.2. The van der Waals surface area contributed by atoms with Gasteiger partial charge in [-0.25, -0.2) is 9.37 Å². The van der Waals surface area contributed by atoms with Crippen molar-refractivity contribution in [2.75, 3.05) is 0 Å². The molecule has 0 unspecified atom stereocenters. The van der Waals surface area contributed by atoms with Gasteiger partial charge in [0.05, 0.1) is 35.3 Å². The van der Waals surface area contributed by atoms with E-state index in [9.17, 15) is 14.4 Å². The number of aromatic nitrogens is 1. The van der Waals surface area contributed by atoms with Crippen molar-refractivity contribution in [1.82, 2.24) is 10.3 Å². The molecule has 0 aliphatic heterocycles. The Morgan fingerprint density at radius 3 is 2.55 bits per heavy atom. The number of hydrogen-bond donors (Lipinski definition) is 1. The highest BCUT2D eigenvalue weighted by Gasteiger charge is 2.34. The van der Waals surface area contributed by atoms with E-state index in [4.69, 9.17) is 4.98 Å². The molecule has 1 N–H and O–H groups in total. The fourth-order valence-corrected chi connectivity index (χ4v) is 4.41. The predicted molar refractivity (Wildman–Crippen MR) is 126 cm³/mol. The Morgan fingerprint density at radius 2 is 1.82 bits per heavy atom. The number of pyridine rings is 1. The highest BCUT2D eigenvalue weighted by atomic mass is 19.1. The van der Waals surface area contributed by atoms with Crippen LogP contribution in [0.5, 0.6) is 0 Å². The third-order valence-electron chi connectivity index (χ3n) is 6.11. The van der Waals surface area contributed by atoms with Crippen LogP contribution in [0.25, 0.3) is 22.2 Å². The molecule has 1 fully saturated rings. The molecule has 1 heterocycles. The number of nitrogens with zero attached hydrogens (tertiary/aromatic N) is 2. The standard InChI is InChI=1S/C28H22FN3O/c29-21-10-6-9-20(17-21)26(19-13-14-19)32-28(33)25-22-11-4-5-12-24(22)31-27(23(25)15-16-30)18-7-2-1-3-8-18/h1-12,17,19,26H,13-15H2,(H,32,33)/t26-/m0/s1. The first-order valence-corrected chi connectivity index (χ1v) is 11.1. The Balaban J connectivity index is 1.65. The molecular weight excluding hydrogens is 413 g/mol. The molecule has 162 valence electrons. The SMILES string of the molecule is N#CCc1c(-c2ccccc2)nc2ccccc2c1C(=O)N[C@H](c1cccc(F)c1)C1CC1. The first kappa shape index (κ1) is 20.8. The number of rotatable bonds is 6. The largest absolute Gasteiger partial charge is 0.345 e. The van der Waals surface area contributed by atoms with Crippen molar-refractivity contribution in [3.63, 3.8) is 0 Å². The predicted octanol–water partition coefficient (Wildman–Crippen LogP) is 5.99. The molecule has 0 spiro atoms. The van der Waals surface area contributed by atoms with Gasteiger partial charge in [-0.2, -0.15) is 5.26 Å². The first-order valence-electron chi connectivity index (χ1n) is 11.1. The highest BCUT2D eigenvalue weighted by Crippen LogP contribution is 2.41. The van der Waals surface area contributed by atoms with Crippen LogP contribution in [0.15, 0.2) is 78.9 Å². The Kier molecular flexibility index (Phi) is 5.58. The summed E-state index contributed by atoms with van der Waals surface area (Å²) < 4.78 is 13.9. The second-order valence-corrected chi connectivity index (χ2v) is 8.38. The minimum absolute atomic E-state index is 0.0544. The van der Waals surface area contributed by atoms with E-state index in [1.807, 2.05) is 60.7 Å². The molecule has 1 atom stereocenters. The van der Waals surface area contributed by atoms with Crippen molar-refractivity contribution in [3.8, 4) is 17.3 Å². The van der Waals surface area contributed by atoms with Crippen molar-refractivity contribution in [1.29, 1.82) is 5.26 Å². The minimum Gasteiger partial charge on any atom is -0.345 e. The molecule has 0 bridgehead atoms. The van der Waals surface area contributed by atoms with E-state index in [0.717, 1.165) is 24.0 Å². The van der Waals surface area contributed by atoms with Gasteiger partial charge >= 0.3 is 0 Å². The van der Waals surface area contributed by atoms with Gasteiger partial charge < -0.3 is 5.32 Å². The Bertz CT molecular complexity index is 1370. The van der Waals surface area contributed by atoms with E-state index in [-0.39, 0.29) is 30.1 Å². The molecule has 33 heavy (non-hydrogen) atoms. The van der Waals surface area contributed by atoms with Crippen molar-refractivity contribution >= 4 is 16.8 Å². The topological polar surface area (TPSA) is 65.8 Å². The lowest BCUT2D eigenvalue weighted by atomic mass is 9.93. The van der Waals surface area contributed by atoms with Gasteiger partial charge in [0.25, 0.3) is 5.91 Å². The van der Waals surface area contributed by atoms with Gasteiger partial charge in [0, 0.05) is 16.5 Å². The number of carbonyl (C=O) groups excluding carboxylic acids is 1. The van der Waals surface area contributed by atoms with Crippen molar-refractivity contribution in [2.24, 2.45) is 5.92 Å². The Labute approximate surface area is 191 Å². The molecule has 1 amide bonds. The quantitative estimate of drug-likeness (QED) is 0.405. The summed E-state index contributed by atoms with van der Waals surface area (Å²) in [5.41, 5.74) is 4.00. The molecule has 1 saturated carbocycles. The number of nitrogens with one attached hydrogen (secondary N) is 1. The summed E-state index contributed by atoms with van der Waals surface area (Å²) in [6.07, 6.45) is 2.02. The molecule has 4 nitrogen and oxygen atoms in total. The molecule has 3 aromatic carbocycles. The summed E-state index contributed by atoms with van der Waals surface area (Å²) in [5.74, 6) is -0.313. The summed E-state index contributed by atoms with van der Waals surface area (Å²) in [4.78, 5) is 18.6. The normalized spacial score (nSPS) is 13.9. The van der Waals surface area contributed by atoms with E-state index in [0.29, 0.717) is 27.7 Å². The van der Waals surface area contributed by atoms with Crippen LogP contribution in [0.2, 0.25) is 0 Å². The van der Waals surface area contributed by atoms with Gasteiger partial charge in [-0.3, -0.25) is 4.79 Å². The minimum atomic E-state index is -0.321. The molecule has 1 aliphatic rings. The number of halogens is 1. The molecule has 5 heteroatoms. The van der Waals surface area contributed by atoms with Crippen LogP contribution in [0.3, 0.4) is 0 Å². The van der Waals surface area contributed by atoms with E-state index < -0.39 is 0 Å². The average Bonchev–Trinajstić information content (AvgIpc) is 3.68. The zero-order valence-electron chi connectivity index (χ0n) is 18.0. The molecular formula is C28H22FN3O. The van der Waals surface area contributed by atoms with Crippen LogP contribution in [0, 0.1) is 23.1 Å². The van der Waals surface area contributed by atoms with Crippen LogP contribution in [0.1, 0.15) is 40.4 Å². The van der Waals surface area contributed by atoms with Crippen LogP contribution < -0.4 is 5.32 Å². The van der Waals surface area contributed by atoms with Gasteiger partial charge in [-0.05, 0) is 42.5 Å². The second-order valence-electron chi connectivity index (χ2n) is 8.38. The maximum absolute atomic E-state index is 13.9. The molecule has 1 aliphatic carbocycles. The van der Waals surface area contributed by atoms with Crippen molar-refractivity contribution in [3.05, 3.63) is 101 Å². The molecule has 5 rings (SSSR count). The maximum atomic E-state index is 13.9. The van der Waals surface area contributed by atoms with Gasteiger partial charge in [-0.1, -0.05) is 60.7 Å². The van der Waals surface area contributed by atoms with Crippen LogP contribution in [-0.2, 0) is 6.42 Å². The highest BCUT2D eigenvalue weighted by molar-refractivity contribution is 6.09. The number of hydrogen-bond acceptors (Lipinski definition) is 3. The zero-order chi connectivity index (χ0) is 22.8. The lowest BCUT2D eigenvalue weighted by Crippen LogP contribution is -2.31. The second kappa shape index (κ2) is 8.84. The smallest absolute Gasteiger partial charge is 0.252 e. The van der Waals surface area contributed by atoms with Crippen LogP contribution >= 0.6 is 0 Å². The number of para-hydroxylation sites is 1. The Morgan fingerprint density at radius 1 is 1.06 bits per heavy atom. The summed E-state index contributed by atoms with van der Waals surface area (Å²) in [6.45, 7) is 0. The molecule has 4 aromatic rings.